The van der Waals surface area contributed by atoms with Crippen LogP contribution in [0.1, 0.15) is 22.7 Å². The number of rotatable bonds is 5. The molecule has 4 heteroatoms. The predicted octanol–water partition coefficient (Wildman–Crippen LogP) is 2.72. The Kier molecular flexibility index (Phi) is 5.26. The van der Waals surface area contributed by atoms with E-state index in [1.165, 1.54) is 16.7 Å². The van der Waals surface area contributed by atoms with E-state index in [0.717, 1.165) is 31.9 Å². The molecule has 0 aliphatic carbocycles. The van der Waals surface area contributed by atoms with Crippen LogP contribution in [0, 0.1) is 13.8 Å². The highest BCUT2D eigenvalue weighted by Crippen LogP contribution is 2.24. The first-order chi connectivity index (χ1) is 11.3. The van der Waals surface area contributed by atoms with E-state index in [1.807, 2.05) is 18.5 Å². The topological polar surface area (TPSA) is 37.4 Å². The van der Waals surface area contributed by atoms with Crippen LogP contribution in [0.5, 0.6) is 5.75 Å². The predicted molar refractivity (Wildman–Crippen MR) is 92.8 cm³/mol. The lowest BCUT2D eigenvalue weighted by Crippen LogP contribution is -2.47. The molecular weight excluding hydrogens is 286 g/mol. The summed E-state index contributed by atoms with van der Waals surface area (Å²) < 4.78 is 6.08. The van der Waals surface area contributed by atoms with Gasteiger partial charge in [0.05, 0.1) is 0 Å². The third-order valence-electron chi connectivity index (χ3n) is 4.46. The lowest BCUT2D eigenvalue weighted by atomic mass is 10.1. The molecule has 0 saturated carbocycles. The van der Waals surface area contributed by atoms with Crippen LogP contribution in [0.25, 0.3) is 0 Å². The molecule has 4 nitrogen and oxygen atoms in total. The van der Waals surface area contributed by atoms with E-state index in [-0.39, 0.29) is 0 Å². The number of nitrogens with zero attached hydrogens (tertiary/aromatic N) is 2. The number of ether oxygens (including phenoxy) is 1. The molecular formula is C19H25N3O. The number of hydrogen-bond donors (Lipinski definition) is 1. The summed E-state index contributed by atoms with van der Waals surface area (Å²) in [5, 5.41) is 3.48. The Hall–Kier alpha value is -1.91. The van der Waals surface area contributed by atoms with Gasteiger partial charge in [-0.15, -0.1) is 0 Å². The van der Waals surface area contributed by atoms with Crippen LogP contribution in [0.3, 0.4) is 0 Å². The Bertz CT molecular complexity index is 610. The Morgan fingerprint density at radius 2 is 2.04 bits per heavy atom. The van der Waals surface area contributed by atoms with E-state index in [1.54, 1.807) is 0 Å². The van der Waals surface area contributed by atoms with Crippen LogP contribution in [0.15, 0.2) is 42.7 Å². The van der Waals surface area contributed by atoms with E-state index in [2.05, 4.69) is 53.3 Å². The van der Waals surface area contributed by atoms with E-state index >= 15 is 0 Å². The summed E-state index contributed by atoms with van der Waals surface area (Å²) in [4.78, 5) is 6.75. The van der Waals surface area contributed by atoms with Crippen molar-refractivity contribution in [2.45, 2.75) is 19.9 Å². The molecule has 1 unspecified atom stereocenters. The molecule has 1 aliphatic rings. The minimum atomic E-state index is 0.374. The fourth-order valence-corrected chi connectivity index (χ4v) is 3.21. The molecule has 1 atom stereocenters. The average Bonchev–Trinajstić information content (AvgIpc) is 2.59. The number of piperazine rings is 1. The van der Waals surface area contributed by atoms with Gasteiger partial charge in [-0.2, -0.15) is 0 Å². The summed E-state index contributed by atoms with van der Waals surface area (Å²) in [6, 6.07) is 10.8. The van der Waals surface area contributed by atoms with E-state index in [9.17, 15) is 0 Å². The van der Waals surface area contributed by atoms with Crippen molar-refractivity contribution in [3.05, 3.63) is 59.4 Å². The molecule has 2 heterocycles. The van der Waals surface area contributed by atoms with Crippen molar-refractivity contribution in [1.29, 1.82) is 0 Å². The Morgan fingerprint density at radius 3 is 2.78 bits per heavy atom. The maximum atomic E-state index is 6.08. The summed E-state index contributed by atoms with van der Waals surface area (Å²) in [7, 11) is 0. The number of aryl methyl sites for hydroxylation is 2. The van der Waals surface area contributed by atoms with Crippen LogP contribution in [0.2, 0.25) is 0 Å². The lowest BCUT2D eigenvalue weighted by molar-refractivity contribution is 0.133. The molecule has 1 aromatic carbocycles. The minimum absolute atomic E-state index is 0.374. The normalized spacial score (nSPS) is 18.8. The van der Waals surface area contributed by atoms with Crippen LogP contribution in [0.4, 0.5) is 0 Å². The number of hydrogen-bond acceptors (Lipinski definition) is 4. The average molecular weight is 311 g/mol. The Balaban J connectivity index is 1.62. The second-order valence-electron chi connectivity index (χ2n) is 6.11. The first-order valence-electron chi connectivity index (χ1n) is 8.29. The molecule has 3 rings (SSSR count). The second kappa shape index (κ2) is 7.57. The molecule has 122 valence electrons. The van der Waals surface area contributed by atoms with E-state index in [0.29, 0.717) is 12.6 Å². The molecule has 0 spiro atoms. The summed E-state index contributed by atoms with van der Waals surface area (Å²) >= 11 is 0. The zero-order valence-corrected chi connectivity index (χ0v) is 14.0. The molecule has 1 aliphatic heterocycles. The van der Waals surface area contributed by atoms with Crippen molar-refractivity contribution in [2.75, 3.05) is 32.8 Å². The quantitative estimate of drug-likeness (QED) is 0.921. The zero-order valence-electron chi connectivity index (χ0n) is 14.0. The molecule has 1 N–H and O–H groups in total. The summed E-state index contributed by atoms with van der Waals surface area (Å²) in [6.45, 7) is 8.87. The zero-order chi connectivity index (χ0) is 16.1. The number of benzene rings is 1. The first kappa shape index (κ1) is 16.0. The van der Waals surface area contributed by atoms with Gasteiger partial charge in [-0.25, -0.2) is 0 Å². The molecule has 1 aromatic heterocycles. The summed E-state index contributed by atoms with van der Waals surface area (Å²) in [5.41, 5.74) is 3.68. The van der Waals surface area contributed by atoms with E-state index < -0.39 is 0 Å². The fraction of sp³-hybridized carbons (Fsp3) is 0.421. The van der Waals surface area contributed by atoms with Gasteiger partial charge in [0.25, 0.3) is 0 Å². The SMILES string of the molecule is Cc1cccc(C)c1OCCN1CCNCC1c1cccnc1. The van der Waals surface area contributed by atoms with Crippen molar-refractivity contribution in [1.82, 2.24) is 15.2 Å². The maximum absolute atomic E-state index is 6.08. The Labute approximate surface area is 138 Å². The van der Waals surface area contributed by atoms with Crippen molar-refractivity contribution in [2.24, 2.45) is 0 Å². The Morgan fingerprint density at radius 1 is 1.22 bits per heavy atom. The largest absolute Gasteiger partial charge is 0.492 e. The lowest BCUT2D eigenvalue weighted by Gasteiger charge is -2.36. The maximum Gasteiger partial charge on any atom is 0.125 e. The van der Waals surface area contributed by atoms with Crippen molar-refractivity contribution in [3.63, 3.8) is 0 Å². The minimum Gasteiger partial charge on any atom is -0.492 e. The highest BCUT2D eigenvalue weighted by Gasteiger charge is 2.23. The standard InChI is InChI=1S/C19H25N3O/c1-15-5-3-6-16(2)19(15)23-12-11-22-10-9-21-14-18(22)17-7-4-8-20-13-17/h3-8,13,18,21H,9-12,14H2,1-2H3. The molecule has 1 fully saturated rings. The molecule has 2 aromatic rings. The second-order valence-corrected chi connectivity index (χ2v) is 6.11. The van der Waals surface area contributed by atoms with Crippen molar-refractivity contribution >= 4 is 0 Å². The molecule has 0 radical (unpaired) electrons. The number of para-hydroxylation sites is 1. The van der Waals surface area contributed by atoms with Gasteiger partial charge in [-0.3, -0.25) is 9.88 Å². The number of aromatic nitrogens is 1. The number of pyridine rings is 1. The van der Waals surface area contributed by atoms with Gasteiger partial charge in [0.15, 0.2) is 0 Å². The first-order valence-corrected chi connectivity index (χ1v) is 8.29. The third kappa shape index (κ3) is 3.89. The van der Waals surface area contributed by atoms with Crippen LogP contribution < -0.4 is 10.1 Å². The third-order valence-corrected chi connectivity index (χ3v) is 4.46. The molecule has 0 amide bonds. The van der Waals surface area contributed by atoms with E-state index in [4.69, 9.17) is 4.74 Å². The van der Waals surface area contributed by atoms with Crippen LogP contribution >= 0.6 is 0 Å². The van der Waals surface area contributed by atoms with Gasteiger partial charge in [0.1, 0.15) is 12.4 Å². The van der Waals surface area contributed by atoms with Gasteiger partial charge < -0.3 is 10.1 Å². The number of nitrogens with one attached hydrogen (secondary N) is 1. The molecule has 23 heavy (non-hydrogen) atoms. The molecule has 1 saturated heterocycles. The van der Waals surface area contributed by atoms with Gasteiger partial charge in [0, 0.05) is 44.6 Å². The fourth-order valence-electron chi connectivity index (χ4n) is 3.21. The monoisotopic (exact) mass is 311 g/mol. The van der Waals surface area contributed by atoms with Gasteiger partial charge >= 0.3 is 0 Å². The summed E-state index contributed by atoms with van der Waals surface area (Å²) in [6.07, 6.45) is 3.80. The van der Waals surface area contributed by atoms with Gasteiger partial charge in [-0.1, -0.05) is 24.3 Å². The van der Waals surface area contributed by atoms with Crippen LogP contribution in [-0.4, -0.2) is 42.7 Å². The molecule has 0 bridgehead atoms. The van der Waals surface area contributed by atoms with Crippen LogP contribution in [-0.2, 0) is 0 Å². The van der Waals surface area contributed by atoms with Crippen molar-refractivity contribution in [3.8, 4) is 5.75 Å². The summed E-state index contributed by atoms with van der Waals surface area (Å²) in [5.74, 6) is 1.03. The van der Waals surface area contributed by atoms with Gasteiger partial charge in [0.2, 0.25) is 0 Å². The smallest absolute Gasteiger partial charge is 0.125 e. The highest BCUT2D eigenvalue weighted by molar-refractivity contribution is 5.39. The highest BCUT2D eigenvalue weighted by atomic mass is 16.5. The van der Waals surface area contributed by atoms with Crippen molar-refractivity contribution < 1.29 is 4.74 Å². The van der Waals surface area contributed by atoms with Gasteiger partial charge in [-0.05, 0) is 36.6 Å².